The fraction of sp³-hybridized carbons (Fsp3) is 0.227. The molecule has 0 bridgehead atoms. The molecule has 1 aliphatic rings. The smallest absolute Gasteiger partial charge is 0.331 e. The third kappa shape index (κ3) is 4.76. The van der Waals surface area contributed by atoms with Gasteiger partial charge in [0.05, 0.1) is 5.69 Å². The first-order chi connectivity index (χ1) is 12.4. The second kappa shape index (κ2) is 7.48. The third-order valence-corrected chi connectivity index (χ3v) is 3.67. The van der Waals surface area contributed by atoms with Gasteiger partial charge in [-0.2, -0.15) is 0 Å². The van der Waals surface area contributed by atoms with E-state index in [4.69, 9.17) is 9.47 Å². The van der Waals surface area contributed by atoms with Crippen molar-refractivity contribution in [3.63, 3.8) is 0 Å². The molecule has 0 amide bonds. The molecule has 2 aromatic rings. The van der Waals surface area contributed by atoms with E-state index in [2.05, 4.69) is 17.0 Å². The molecule has 134 valence electrons. The summed E-state index contributed by atoms with van der Waals surface area (Å²) >= 11 is 0. The van der Waals surface area contributed by atoms with Crippen molar-refractivity contribution in [2.75, 3.05) is 4.90 Å². The van der Waals surface area contributed by atoms with Gasteiger partial charge < -0.3 is 14.4 Å². The van der Waals surface area contributed by atoms with Crippen LogP contribution in [0, 0.1) is 0 Å². The van der Waals surface area contributed by atoms with E-state index in [1.807, 2.05) is 69.4 Å². The summed E-state index contributed by atoms with van der Waals surface area (Å²) in [6.45, 7) is 6.23. The molecule has 0 aromatic heterocycles. The van der Waals surface area contributed by atoms with Crippen LogP contribution in [0.5, 0.6) is 5.75 Å². The Morgan fingerprint density at radius 1 is 1.08 bits per heavy atom. The normalized spacial score (nSPS) is 13.8. The maximum atomic E-state index is 11.9. The Balaban J connectivity index is 1.81. The van der Waals surface area contributed by atoms with E-state index >= 15 is 0 Å². The molecular weight excluding hydrogens is 326 g/mol. The molecule has 0 unspecified atom stereocenters. The molecule has 0 atom stereocenters. The SMILES string of the molecule is CC(C)(C)OC(=O)/C=C/C1=CN(Cc2ccccc2)c2ccccc2O1. The van der Waals surface area contributed by atoms with Crippen LogP contribution in [0.15, 0.2) is 78.7 Å². The predicted octanol–water partition coefficient (Wildman–Crippen LogP) is 4.82. The van der Waals surface area contributed by atoms with Crippen LogP contribution in [0.4, 0.5) is 5.69 Å². The highest BCUT2D eigenvalue weighted by molar-refractivity contribution is 5.83. The fourth-order valence-electron chi connectivity index (χ4n) is 2.63. The lowest BCUT2D eigenvalue weighted by molar-refractivity contribution is -0.148. The topological polar surface area (TPSA) is 38.8 Å². The molecule has 0 N–H and O–H groups in total. The van der Waals surface area contributed by atoms with E-state index in [0.717, 1.165) is 11.4 Å². The zero-order valence-corrected chi connectivity index (χ0v) is 15.3. The van der Waals surface area contributed by atoms with E-state index in [-0.39, 0.29) is 0 Å². The molecule has 1 aliphatic heterocycles. The van der Waals surface area contributed by atoms with Gasteiger partial charge in [-0.3, -0.25) is 0 Å². The molecule has 4 nitrogen and oxygen atoms in total. The summed E-state index contributed by atoms with van der Waals surface area (Å²) in [5.74, 6) is 0.954. The first-order valence-corrected chi connectivity index (χ1v) is 8.61. The lowest BCUT2D eigenvalue weighted by atomic mass is 10.1. The Bertz CT molecular complexity index is 832. The van der Waals surface area contributed by atoms with E-state index < -0.39 is 11.6 Å². The number of hydrogen-bond donors (Lipinski definition) is 0. The molecule has 3 rings (SSSR count). The van der Waals surface area contributed by atoms with Gasteiger partial charge in [0.2, 0.25) is 0 Å². The lowest BCUT2D eigenvalue weighted by Gasteiger charge is -2.28. The van der Waals surface area contributed by atoms with Gasteiger partial charge in [-0.05, 0) is 44.5 Å². The first-order valence-electron chi connectivity index (χ1n) is 8.61. The van der Waals surface area contributed by atoms with Crippen molar-refractivity contribution in [1.29, 1.82) is 0 Å². The summed E-state index contributed by atoms with van der Waals surface area (Å²) in [6, 6.07) is 18.1. The maximum Gasteiger partial charge on any atom is 0.331 e. The quantitative estimate of drug-likeness (QED) is 0.586. The van der Waals surface area contributed by atoms with Crippen LogP contribution in [0.2, 0.25) is 0 Å². The summed E-state index contributed by atoms with van der Waals surface area (Å²) in [7, 11) is 0. The van der Waals surface area contributed by atoms with Gasteiger partial charge in [0.15, 0.2) is 5.75 Å². The first kappa shape index (κ1) is 17.8. The number of para-hydroxylation sites is 2. The van der Waals surface area contributed by atoms with E-state index in [9.17, 15) is 4.79 Å². The minimum Gasteiger partial charge on any atom is -0.457 e. The monoisotopic (exact) mass is 349 g/mol. The number of carbonyl (C=O) groups is 1. The van der Waals surface area contributed by atoms with Crippen molar-refractivity contribution in [2.24, 2.45) is 0 Å². The van der Waals surface area contributed by atoms with Crippen molar-refractivity contribution < 1.29 is 14.3 Å². The van der Waals surface area contributed by atoms with Crippen LogP contribution in [0.3, 0.4) is 0 Å². The van der Waals surface area contributed by atoms with Crippen LogP contribution in [0.1, 0.15) is 26.3 Å². The second-order valence-electron chi connectivity index (χ2n) is 7.08. The molecule has 0 saturated carbocycles. The third-order valence-electron chi connectivity index (χ3n) is 3.67. The molecule has 0 radical (unpaired) electrons. The molecule has 4 heteroatoms. The Labute approximate surface area is 154 Å². The van der Waals surface area contributed by atoms with E-state index in [0.29, 0.717) is 12.3 Å². The standard InChI is InChI=1S/C22H23NO3/c1-22(2,3)26-21(24)14-13-18-16-23(15-17-9-5-4-6-10-17)19-11-7-8-12-20(19)25-18/h4-14,16H,15H2,1-3H3/b14-13+. The lowest BCUT2D eigenvalue weighted by Crippen LogP contribution is -2.23. The van der Waals surface area contributed by atoms with Crippen LogP contribution < -0.4 is 9.64 Å². The largest absolute Gasteiger partial charge is 0.457 e. The molecule has 1 heterocycles. The minimum absolute atomic E-state index is 0.393. The van der Waals surface area contributed by atoms with Crippen molar-refractivity contribution in [2.45, 2.75) is 32.9 Å². The van der Waals surface area contributed by atoms with Crippen molar-refractivity contribution >= 4 is 11.7 Å². The number of benzene rings is 2. The van der Waals surface area contributed by atoms with E-state index in [1.165, 1.54) is 11.6 Å². The summed E-state index contributed by atoms with van der Waals surface area (Å²) in [5.41, 5.74) is 1.66. The van der Waals surface area contributed by atoms with Crippen LogP contribution in [0.25, 0.3) is 0 Å². The molecule has 0 saturated heterocycles. The fourth-order valence-corrected chi connectivity index (χ4v) is 2.63. The molecule has 0 spiro atoms. The van der Waals surface area contributed by atoms with Gasteiger partial charge in [-0.1, -0.05) is 42.5 Å². The number of ether oxygens (including phenoxy) is 2. The zero-order chi connectivity index (χ0) is 18.6. The average molecular weight is 349 g/mol. The summed E-state index contributed by atoms with van der Waals surface area (Å²) in [6.07, 6.45) is 4.93. The number of esters is 1. The summed E-state index contributed by atoms with van der Waals surface area (Å²) in [5, 5.41) is 0. The number of carbonyl (C=O) groups excluding carboxylic acids is 1. The highest BCUT2D eigenvalue weighted by Gasteiger charge is 2.19. The number of allylic oxidation sites excluding steroid dienone is 1. The molecule has 0 fully saturated rings. The molecule has 2 aromatic carbocycles. The maximum absolute atomic E-state index is 11.9. The highest BCUT2D eigenvalue weighted by atomic mass is 16.6. The van der Waals surface area contributed by atoms with Crippen molar-refractivity contribution in [3.05, 3.63) is 84.3 Å². The number of nitrogens with zero attached hydrogens (tertiary/aromatic N) is 1. The van der Waals surface area contributed by atoms with Gasteiger partial charge in [0.25, 0.3) is 0 Å². The van der Waals surface area contributed by atoms with Gasteiger partial charge in [-0.15, -0.1) is 0 Å². The van der Waals surface area contributed by atoms with Gasteiger partial charge >= 0.3 is 5.97 Å². The van der Waals surface area contributed by atoms with Crippen molar-refractivity contribution in [1.82, 2.24) is 0 Å². The minimum atomic E-state index is -0.519. The molecule has 26 heavy (non-hydrogen) atoms. The molecule has 0 aliphatic carbocycles. The Kier molecular flexibility index (Phi) is 5.12. The number of anilines is 1. The Morgan fingerprint density at radius 3 is 2.50 bits per heavy atom. The van der Waals surface area contributed by atoms with Crippen LogP contribution >= 0.6 is 0 Å². The average Bonchev–Trinajstić information content (AvgIpc) is 2.59. The Hall–Kier alpha value is -3.01. The zero-order valence-electron chi connectivity index (χ0n) is 15.3. The summed E-state index contributed by atoms with van der Waals surface area (Å²) < 4.78 is 11.2. The number of fused-ring (bicyclic) bond motifs is 1. The predicted molar refractivity (Wildman–Crippen MR) is 103 cm³/mol. The van der Waals surface area contributed by atoms with Crippen molar-refractivity contribution in [3.8, 4) is 5.75 Å². The van der Waals surface area contributed by atoms with Gasteiger partial charge in [-0.25, -0.2) is 4.79 Å². The second-order valence-corrected chi connectivity index (χ2v) is 7.08. The van der Waals surface area contributed by atoms with E-state index in [1.54, 1.807) is 6.08 Å². The number of rotatable bonds is 4. The van der Waals surface area contributed by atoms with Crippen LogP contribution in [-0.4, -0.2) is 11.6 Å². The highest BCUT2D eigenvalue weighted by Crippen LogP contribution is 2.35. The molecular formula is C22H23NO3. The van der Waals surface area contributed by atoms with Crippen LogP contribution in [-0.2, 0) is 16.1 Å². The van der Waals surface area contributed by atoms with Gasteiger partial charge in [0.1, 0.15) is 11.4 Å². The number of hydrogen-bond acceptors (Lipinski definition) is 4. The van der Waals surface area contributed by atoms with Gasteiger partial charge in [0, 0.05) is 18.8 Å². The Morgan fingerprint density at radius 2 is 1.77 bits per heavy atom. The summed E-state index contributed by atoms with van der Waals surface area (Å²) in [4.78, 5) is 14.0.